The zero-order valence-electron chi connectivity index (χ0n) is 10.3. The molecule has 0 saturated heterocycles. The van der Waals surface area contributed by atoms with Gasteiger partial charge in [-0.2, -0.15) is 0 Å². The molecule has 0 radical (unpaired) electrons. The minimum Gasteiger partial charge on any atom is -0.479 e. The smallest absolute Gasteiger partial charge is 0.332 e. The van der Waals surface area contributed by atoms with Crippen molar-refractivity contribution < 1.29 is 19.8 Å². The minimum absolute atomic E-state index is 0.000736. The maximum absolute atomic E-state index is 11.9. The fraction of sp³-hybridized carbons (Fsp3) is 0.385. The van der Waals surface area contributed by atoms with Gasteiger partial charge in [-0.15, -0.1) is 0 Å². The van der Waals surface area contributed by atoms with Crippen molar-refractivity contribution in [2.45, 2.75) is 25.0 Å². The van der Waals surface area contributed by atoms with Gasteiger partial charge in [0, 0.05) is 25.1 Å². The Morgan fingerprint density at radius 1 is 1.42 bits per heavy atom. The standard InChI is InChI=1S/C13H16N2O4/c16-11(13(18)19)5-6-14-12(17)10-7-8-3-1-2-4-9(8)15-10/h1-4,10-11,15-16H,5-7H2,(H,14,17)(H,18,19)/t10-,11-/m0/s1. The number of aliphatic hydroxyl groups excluding tert-OH is 1. The molecule has 1 aliphatic rings. The highest BCUT2D eigenvalue weighted by Gasteiger charge is 2.26. The average Bonchev–Trinajstić information content (AvgIpc) is 2.82. The zero-order chi connectivity index (χ0) is 13.8. The van der Waals surface area contributed by atoms with Crippen LogP contribution < -0.4 is 10.6 Å². The normalized spacial score (nSPS) is 18.3. The van der Waals surface area contributed by atoms with Crippen molar-refractivity contribution in [3.8, 4) is 0 Å². The Balaban J connectivity index is 1.79. The summed E-state index contributed by atoms with van der Waals surface area (Å²) in [6.07, 6.45) is -0.821. The molecule has 19 heavy (non-hydrogen) atoms. The molecule has 1 aliphatic heterocycles. The number of carbonyl (C=O) groups is 2. The molecule has 2 rings (SSSR count). The quantitative estimate of drug-likeness (QED) is 0.599. The van der Waals surface area contributed by atoms with Crippen molar-refractivity contribution in [1.82, 2.24) is 5.32 Å². The molecule has 102 valence electrons. The highest BCUT2D eigenvalue weighted by Crippen LogP contribution is 2.24. The van der Waals surface area contributed by atoms with Crippen LogP contribution in [0.4, 0.5) is 5.69 Å². The lowest BCUT2D eigenvalue weighted by atomic mass is 10.1. The summed E-state index contributed by atoms with van der Waals surface area (Å²) >= 11 is 0. The molecular formula is C13H16N2O4. The lowest BCUT2D eigenvalue weighted by Crippen LogP contribution is -2.40. The van der Waals surface area contributed by atoms with Gasteiger partial charge in [-0.1, -0.05) is 18.2 Å². The molecule has 2 atom stereocenters. The highest BCUT2D eigenvalue weighted by molar-refractivity contribution is 5.87. The largest absolute Gasteiger partial charge is 0.479 e. The minimum atomic E-state index is -1.44. The number of fused-ring (bicyclic) bond motifs is 1. The van der Waals surface area contributed by atoms with Crippen LogP contribution in [0.25, 0.3) is 0 Å². The Bertz CT molecular complexity index is 464. The molecule has 1 aromatic rings. The summed E-state index contributed by atoms with van der Waals surface area (Å²) in [6, 6.07) is 7.36. The van der Waals surface area contributed by atoms with E-state index in [0.29, 0.717) is 6.42 Å². The maximum Gasteiger partial charge on any atom is 0.332 e. The first-order valence-corrected chi connectivity index (χ1v) is 6.11. The second-order valence-electron chi connectivity index (χ2n) is 4.49. The first kappa shape index (κ1) is 13.4. The van der Waals surface area contributed by atoms with Crippen molar-refractivity contribution in [1.29, 1.82) is 0 Å². The SMILES string of the molecule is O=C(NCC[C@H](O)C(=O)O)[C@@H]1Cc2ccccc2N1. The molecule has 0 bridgehead atoms. The number of benzene rings is 1. The van der Waals surface area contributed by atoms with Gasteiger partial charge in [0.05, 0.1) is 0 Å². The third-order valence-electron chi connectivity index (χ3n) is 3.09. The van der Waals surface area contributed by atoms with E-state index in [4.69, 9.17) is 10.2 Å². The fourth-order valence-electron chi connectivity index (χ4n) is 2.03. The van der Waals surface area contributed by atoms with Gasteiger partial charge in [0.1, 0.15) is 6.04 Å². The van der Waals surface area contributed by atoms with Crippen molar-refractivity contribution in [2.24, 2.45) is 0 Å². The van der Waals surface area contributed by atoms with Gasteiger partial charge in [0.15, 0.2) is 6.10 Å². The van der Waals surface area contributed by atoms with E-state index in [0.717, 1.165) is 11.3 Å². The van der Waals surface area contributed by atoms with Crippen molar-refractivity contribution in [3.63, 3.8) is 0 Å². The first-order chi connectivity index (χ1) is 9.08. The second kappa shape index (κ2) is 5.71. The molecule has 0 unspecified atom stereocenters. The molecule has 0 fully saturated rings. The summed E-state index contributed by atoms with van der Waals surface area (Å²) < 4.78 is 0. The number of rotatable bonds is 5. The first-order valence-electron chi connectivity index (χ1n) is 6.11. The Kier molecular flexibility index (Phi) is 4.01. The van der Waals surface area contributed by atoms with Crippen LogP contribution >= 0.6 is 0 Å². The van der Waals surface area contributed by atoms with Crippen molar-refractivity contribution in [3.05, 3.63) is 29.8 Å². The number of anilines is 1. The van der Waals surface area contributed by atoms with E-state index in [1.807, 2.05) is 24.3 Å². The van der Waals surface area contributed by atoms with Crippen LogP contribution in [-0.2, 0) is 16.0 Å². The predicted octanol–water partition coefficient (Wildman–Crippen LogP) is -0.0250. The van der Waals surface area contributed by atoms with Gasteiger partial charge in [-0.3, -0.25) is 4.79 Å². The summed E-state index contributed by atoms with van der Waals surface area (Å²) in [5.74, 6) is -1.46. The predicted molar refractivity (Wildman–Crippen MR) is 68.8 cm³/mol. The van der Waals surface area contributed by atoms with Crippen LogP contribution in [-0.4, -0.2) is 40.8 Å². The van der Waals surface area contributed by atoms with E-state index < -0.39 is 12.1 Å². The Hall–Kier alpha value is -2.08. The van der Waals surface area contributed by atoms with Gasteiger partial charge in [0.25, 0.3) is 0 Å². The monoisotopic (exact) mass is 264 g/mol. The van der Waals surface area contributed by atoms with Gasteiger partial charge in [-0.25, -0.2) is 4.79 Å². The summed E-state index contributed by atoms with van der Waals surface area (Å²) in [5.41, 5.74) is 2.04. The summed E-state index contributed by atoms with van der Waals surface area (Å²) in [6.45, 7) is 0.140. The number of hydrogen-bond donors (Lipinski definition) is 4. The molecule has 6 heteroatoms. The van der Waals surface area contributed by atoms with E-state index in [2.05, 4.69) is 10.6 Å². The van der Waals surface area contributed by atoms with E-state index in [1.165, 1.54) is 0 Å². The van der Waals surface area contributed by atoms with E-state index >= 15 is 0 Å². The molecule has 4 N–H and O–H groups in total. The van der Waals surface area contributed by atoms with E-state index in [9.17, 15) is 9.59 Å². The number of carbonyl (C=O) groups excluding carboxylic acids is 1. The van der Waals surface area contributed by atoms with Crippen LogP contribution in [0.5, 0.6) is 0 Å². The lowest BCUT2D eigenvalue weighted by molar-refractivity contribution is -0.147. The topological polar surface area (TPSA) is 98.7 Å². The van der Waals surface area contributed by atoms with Crippen LogP contribution in [0.2, 0.25) is 0 Å². The molecule has 1 heterocycles. The second-order valence-corrected chi connectivity index (χ2v) is 4.49. The molecule has 6 nitrogen and oxygen atoms in total. The van der Waals surface area contributed by atoms with Crippen molar-refractivity contribution in [2.75, 3.05) is 11.9 Å². The van der Waals surface area contributed by atoms with Gasteiger partial charge in [-0.05, 0) is 11.6 Å². The van der Waals surface area contributed by atoms with E-state index in [-0.39, 0.29) is 24.9 Å². The third kappa shape index (κ3) is 3.23. The third-order valence-corrected chi connectivity index (χ3v) is 3.09. The number of amides is 1. The Labute approximate surface area is 110 Å². The molecular weight excluding hydrogens is 248 g/mol. The molecule has 0 spiro atoms. The molecule has 0 aliphatic carbocycles. The van der Waals surface area contributed by atoms with E-state index in [1.54, 1.807) is 0 Å². The Morgan fingerprint density at radius 2 is 2.16 bits per heavy atom. The highest BCUT2D eigenvalue weighted by atomic mass is 16.4. The van der Waals surface area contributed by atoms with Crippen LogP contribution in [0.1, 0.15) is 12.0 Å². The van der Waals surface area contributed by atoms with Crippen LogP contribution in [0, 0.1) is 0 Å². The van der Waals surface area contributed by atoms with Crippen LogP contribution in [0.15, 0.2) is 24.3 Å². The maximum atomic E-state index is 11.9. The van der Waals surface area contributed by atoms with Gasteiger partial charge >= 0.3 is 5.97 Å². The number of hydrogen-bond acceptors (Lipinski definition) is 4. The number of carboxylic acid groups (broad SMARTS) is 1. The molecule has 0 aromatic heterocycles. The molecule has 1 aromatic carbocycles. The molecule has 1 amide bonds. The average molecular weight is 264 g/mol. The summed E-state index contributed by atoms with van der Waals surface area (Å²) in [7, 11) is 0. The Morgan fingerprint density at radius 3 is 2.84 bits per heavy atom. The fourth-order valence-corrected chi connectivity index (χ4v) is 2.03. The number of nitrogens with one attached hydrogen (secondary N) is 2. The summed E-state index contributed by atoms with van der Waals surface area (Å²) in [5, 5.41) is 23.3. The number of carboxylic acids is 1. The lowest BCUT2D eigenvalue weighted by Gasteiger charge is -2.12. The van der Waals surface area contributed by atoms with Gasteiger partial charge in [0.2, 0.25) is 5.91 Å². The molecule has 0 saturated carbocycles. The van der Waals surface area contributed by atoms with Gasteiger partial charge < -0.3 is 20.8 Å². The number of aliphatic hydroxyl groups is 1. The summed E-state index contributed by atoms with van der Waals surface area (Å²) in [4.78, 5) is 22.3. The van der Waals surface area contributed by atoms with Crippen molar-refractivity contribution >= 4 is 17.6 Å². The number of para-hydroxylation sites is 1. The van der Waals surface area contributed by atoms with Crippen LogP contribution in [0.3, 0.4) is 0 Å². The number of aliphatic carboxylic acids is 1. The zero-order valence-corrected chi connectivity index (χ0v) is 10.3.